The molecule has 0 aromatic heterocycles. The third-order valence-electron chi connectivity index (χ3n) is 3.69. The number of hydrogen-bond acceptors (Lipinski definition) is 3. The first kappa shape index (κ1) is 17.0. The lowest BCUT2D eigenvalue weighted by molar-refractivity contribution is 0.0165. The van der Waals surface area contributed by atoms with E-state index in [1.165, 1.54) is 0 Å². The third kappa shape index (κ3) is 5.76. The van der Waals surface area contributed by atoms with Crippen LogP contribution in [0.15, 0.2) is 18.2 Å². The lowest BCUT2D eigenvalue weighted by Gasteiger charge is -2.15. The van der Waals surface area contributed by atoms with Gasteiger partial charge in [0, 0.05) is 19.3 Å². The summed E-state index contributed by atoms with van der Waals surface area (Å²) in [5.41, 5.74) is 1.14. The van der Waals surface area contributed by atoms with Gasteiger partial charge in [0.2, 0.25) is 0 Å². The van der Waals surface area contributed by atoms with E-state index in [0.717, 1.165) is 51.2 Å². The van der Waals surface area contributed by atoms with Gasteiger partial charge in [-0.3, -0.25) is 0 Å². The van der Waals surface area contributed by atoms with E-state index >= 15 is 0 Å². The van der Waals surface area contributed by atoms with E-state index in [0.29, 0.717) is 16.1 Å². The van der Waals surface area contributed by atoms with Crippen molar-refractivity contribution in [2.24, 2.45) is 0 Å². The van der Waals surface area contributed by atoms with Crippen LogP contribution in [0.4, 0.5) is 0 Å². The fourth-order valence-electron chi connectivity index (χ4n) is 2.38. The Morgan fingerprint density at radius 1 is 1.38 bits per heavy atom. The molecule has 1 N–H and O–H groups in total. The average molecular weight is 332 g/mol. The van der Waals surface area contributed by atoms with Crippen molar-refractivity contribution in [1.29, 1.82) is 0 Å². The van der Waals surface area contributed by atoms with Crippen LogP contribution in [0.5, 0.6) is 0 Å². The molecule has 1 heterocycles. The molecule has 1 aromatic rings. The van der Waals surface area contributed by atoms with Crippen molar-refractivity contribution in [2.45, 2.75) is 38.3 Å². The van der Waals surface area contributed by atoms with Crippen LogP contribution in [0.3, 0.4) is 0 Å². The number of nitrogens with one attached hydrogen (secondary N) is 1. The quantitative estimate of drug-likeness (QED) is 0.723. The van der Waals surface area contributed by atoms with Gasteiger partial charge in [0.25, 0.3) is 0 Å². The molecule has 0 radical (unpaired) electrons. The van der Waals surface area contributed by atoms with Crippen LogP contribution < -0.4 is 5.32 Å². The summed E-state index contributed by atoms with van der Waals surface area (Å²) in [6.07, 6.45) is 3.59. The van der Waals surface area contributed by atoms with Gasteiger partial charge in [-0.15, -0.1) is 0 Å². The summed E-state index contributed by atoms with van der Waals surface area (Å²) in [6.45, 7) is 5.40. The molecule has 2 rings (SSSR count). The third-order valence-corrected chi connectivity index (χ3v) is 4.43. The molecule has 1 aliphatic heterocycles. The highest BCUT2D eigenvalue weighted by molar-refractivity contribution is 6.42. The predicted octanol–water partition coefficient (Wildman–Crippen LogP) is 4.23. The van der Waals surface area contributed by atoms with Crippen molar-refractivity contribution >= 4 is 23.2 Å². The van der Waals surface area contributed by atoms with Gasteiger partial charge >= 0.3 is 0 Å². The standard InChI is InChI=1S/C16H23Cl2NO2/c1-12(13-5-6-15(17)16(18)10-13)19-7-3-8-20-11-14-4-2-9-21-14/h5-6,10,12,14,19H,2-4,7-9,11H2,1H3. The Kier molecular flexibility index (Phi) is 7.27. The van der Waals surface area contributed by atoms with Crippen LogP contribution in [0.2, 0.25) is 10.0 Å². The lowest BCUT2D eigenvalue weighted by atomic mass is 10.1. The summed E-state index contributed by atoms with van der Waals surface area (Å²) in [6, 6.07) is 6.00. The van der Waals surface area contributed by atoms with E-state index in [4.69, 9.17) is 32.7 Å². The molecule has 1 saturated heterocycles. The largest absolute Gasteiger partial charge is 0.379 e. The Labute approximate surface area is 136 Å². The maximum atomic E-state index is 6.03. The van der Waals surface area contributed by atoms with Crippen molar-refractivity contribution in [3.05, 3.63) is 33.8 Å². The predicted molar refractivity (Wildman–Crippen MR) is 87.3 cm³/mol. The average Bonchev–Trinajstić information content (AvgIpc) is 2.98. The van der Waals surface area contributed by atoms with Crippen molar-refractivity contribution in [3.63, 3.8) is 0 Å². The van der Waals surface area contributed by atoms with Gasteiger partial charge in [-0.2, -0.15) is 0 Å². The van der Waals surface area contributed by atoms with E-state index in [-0.39, 0.29) is 6.04 Å². The van der Waals surface area contributed by atoms with E-state index in [1.807, 2.05) is 18.2 Å². The molecule has 1 aliphatic rings. The molecule has 118 valence electrons. The molecule has 0 aliphatic carbocycles. The number of benzene rings is 1. The zero-order valence-corrected chi connectivity index (χ0v) is 13.9. The fourth-order valence-corrected chi connectivity index (χ4v) is 2.69. The second kappa shape index (κ2) is 8.96. The molecule has 0 amide bonds. The number of rotatable bonds is 8. The van der Waals surface area contributed by atoms with E-state index < -0.39 is 0 Å². The Bertz CT molecular complexity index is 436. The van der Waals surface area contributed by atoms with Crippen LogP contribution in [-0.4, -0.2) is 32.5 Å². The van der Waals surface area contributed by atoms with Gasteiger partial charge in [-0.05, 0) is 50.4 Å². The highest BCUT2D eigenvalue weighted by atomic mass is 35.5. The molecular weight excluding hydrogens is 309 g/mol. The molecule has 2 atom stereocenters. The molecule has 1 aromatic carbocycles. The molecule has 5 heteroatoms. The van der Waals surface area contributed by atoms with E-state index in [9.17, 15) is 0 Å². The zero-order valence-electron chi connectivity index (χ0n) is 12.4. The molecule has 3 nitrogen and oxygen atoms in total. The van der Waals surface area contributed by atoms with E-state index in [1.54, 1.807) is 0 Å². The van der Waals surface area contributed by atoms with Gasteiger partial charge in [0.1, 0.15) is 0 Å². The van der Waals surface area contributed by atoms with E-state index in [2.05, 4.69) is 12.2 Å². The summed E-state index contributed by atoms with van der Waals surface area (Å²) in [7, 11) is 0. The van der Waals surface area contributed by atoms with Crippen LogP contribution in [0, 0.1) is 0 Å². The Morgan fingerprint density at radius 2 is 2.24 bits per heavy atom. The maximum Gasteiger partial charge on any atom is 0.0809 e. The summed E-state index contributed by atoms with van der Waals surface area (Å²) in [5.74, 6) is 0. The Balaban J connectivity index is 1.58. The van der Waals surface area contributed by atoms with Gasteiger partial charge in [0.15, 0.2) is 0 Å². The first-order valence-corrected chi connectivity index (χ1v) is 8.30. The van der Waals surface area contributed by atoms with Crippen LogP contribution in [0.1, 0.15) is 37.8 Å². The monoisotopic (exact) mass is 331 g/mol. The van der Waals surface area contributed by atoms with Crippen LogP contribution in [-0.2, 0) is 9.47 Å². The first-order chi connectivity index (χ1) is 10.2. The molecule has 1 fully saturated rings. The van der Waals surface area contributed by atoms with Gasteiger partial charge in [-0.25, -0.2) is 0 Å². The molecule has 2 unspecified atom stereocenters. The highest BCUT2D eigenvalue weighted by Gasteiger charge is 2.15. The Hall–Kier alpha value is -0.320. The number of hydrogen-bond donors (Lipinski definition) is 1. The topological polar surface area (TPSA) is 30.5 Å². The summed E-state index contributed by atoms with van der Waals surface area (Å²) in [4.78, 5) is 0. The second-order valence-corrected chi connectivity index (χ2v) is 6.23. The molecule has 0 bridgehead atoms. The smallest absolute Gasteiger partial charge is 0.0809 e. The molecule has 21 heavy (non-hydrogen) atoms. The van der Waals surface area contributed by atoms with Crippen molar-refractivity contribution in [3.8, 4) is 0 Å². The van der Waals surface area contributed by atoms with Crippen LogP contribution in [0.25, 0.3) is 0 Å². The van der Waals surface area contributed by atoms with Crippen LogP contribution >= 0.6 is 23.2 Å². The maximum absolute atomic E-state index is 6.03. The number of halogens is 2. The number of ether oxygens (including phenoxy) is 2. The summed E-state index contributed by atoms with van der Waals surface area (Å²) < 4.78 is 11.1. The first-order valence-electron chi connectivity index (χ1n) is 7.54. The Morgan fingerprint density at radius 3 is 2.95 bits per heavy atom. The molecule has 0 saturated carbocycles. The minimum absolute atomic E-state index is 0.248. The van der Waals surface area contributed by atoms with Crippen molar-refractivity contribution in [1.82, 2.24) is 5.32 Å². The lowest BCUT2D eigenvalue weighted by Crippen LogP contribution is -2.22. The van der Waals surface area contributed by atoms with Crippen molar-refractivity contribution < 1.29 is 9.47 Å². The minimum atomic E-state index is 0.248. The minimum Gasteiger partial charge on any atom is -0.379 e. The van der Waals surface area contributed by atoms with Gasteiger partial charge in [-0.1, -0.05) is 29.3 Å². The van der Waals surface area contributed by atoms with Gasteiger partial charge in [0.05, 0.1) is 22.8 Å². The van der Waals surface area contributed by atoms with Gasteiger partial charge < -0.3 is 14.8 Å². The normalized spacial score (nSPS) is 19.9. The molecule has 0 spiro atoms. The fraction of sp³-hybridized carbons (Fsp3) is 0.625. The highest BCUT2D eigenvalue weighted by Crippen LogP contribution is 2.25. The summed E-state index contributed by atoms with van der Waals surface area (Å²) in [5, 5.41) is 4.65. The second-order valence-electron chi connectivity index (χ2n) is 5.41. The molecular formula is C16H23Cl2NO2. The zero-order chi connectivity index (χ0) is 15.1. The SMILES string of the molecule is CC(NCCCOCC1CCCO1)c1ccc(Cl)c(Cl)c1. The summed E-state index contributed by atoms with van der Waals surface area (Å²) >= 11 is 12.0. The van der Waals surface area contributed by atoms with Crippen molar-refractivity contribution in [2.75, 3.05) is 26.4 Å².